The average Bonchev–Trinajstić information content (AvgIpc) is 2.52. The van der Waals surface area contributed by atoms with E-state index in [1.54, 1.807) is 0 Å². The zero-order valence-corrected chi connectivity index (χ0v) is 11.5. The van der Waals surface area contributed by atoms with Crippen LogP contribution in [0.4, 0.5) is 5.69 Å². The number of aliphatic carboxylic acids is 1. The number of hydrogen-bond acceptors (Lipinski definition) is 3. The van der Waals surface area contributed by atoms with Gasteiger partial charge in [0.25, 0.3) is 0 Å². The minimum absolute atomic E-state index is 0.0206. The molecule has 0 heterocycles. The molecule has 0 bridgehead atoms. The summed E-state index contributed by atoms with van der Waals surface area (Å²) in [4.78, 5) is 10.8. The monoisotopic (exact) mass is 278 g/mol. The second kappa shape index (κ2) is 5.25. The Morgan fingerprint density at radius 1 is 1.00 bits per heavy atom. The third kappa shape index (κ3) is 2.43. The molecular formula is C17H14N2O2. The lowest BCUT2D eigenvalue weighted by molar-refractivity contribution is -0.129. The van der Waals surface area contributed by atoms with Crippen LogP contribution in [0.5, 0.6) is 0 Å². The number of fused-ring (bicyclic) bond motifs is 3. The molecule has 0 aliphatic carbocycles. The van der Waals surface area contributed by atoms with Crippen LogP contribution in [-0.4, -0.2) is 16.8 Å². The Kier molecular flexibility index (Phi) is 3.28. The zero-order chi connectivity index (χ0) is 14.8. The van der Waals surface area contributed by atoms with Gasteiger partial charge in [0.2, 0.25) is 0 Å². The number of nitrogens with one attached hydrogen (secondary N) is 1. The van der Waals surface area contributed by atoms with E-state index in [-0.39, 0.29) is 5.71 Å². The molecule has 0 atom stereocenters. The lowest BCUT2D eigenvalue weighted by Gasteiger charge is -2.10. The highest BCUT2D eigenvalue weighted by molar-refractivity contribution is 6.34. The van der Waals surface area contributed by atoms with Crippen molar-refractivity contribution in [1.29, 1.82) is 0 Å². The first-order valence-electron chi connectivity index (χ1n) is 6.61. The smallest absolute Gasteiger partial charge is 0.351 e. The summed E-state index contributed by atoms with van der Waals surface area (Å²) >= 11 is 0. The molecule has 0 fully saturated rings. The summed E-state index contributed by atoms with van der Waals surface area (Å²) in [7, 11) is 0. The van der Waals surface area contributed by atoms with Gasteiger partial charge in [-0.1, -0.05) is 48.5 Å². The van der Waals surface area contributed by atoms with Crippen molar-refractivity contribution < 1.29 is 9.90 Å². The van der Waals surface area contributed by atoms with E-state index in [4.69, 9.17) is 5.11 Å². The fourth-order valence-corrected chi connectivity index (χ4v) is 2.34. The lowest BCUT2D eigenvalue weighted by atomic mass is 10.0. The number of hydrazone groups is 1. The van der Waals surface area contributed by atoms with Crippen molar-refractivity contribution in [3.05, 3.63) is 54.6 Å². The van der Waals surface area contributed by atoms with Crippen LogP contribution in [0.2, 0.25) is 0 Å². The van der Waals surface area contributed by atoms with Crippen molar-refractivity contribution in [1.82, 2.24) is 0 Å². The Bertz CT molecular complexity index is 869. The van der Waals surface area contributed by atoms with Crippen molar-refractivity contribution in [2.75, 3.05) is 5.43 Å². The van der Waals surface area contributed by atoms with E-state index in [2.05, 4.69) is 22.7 Å². The maximum Gasteiger partial charge on any atom is 0.351 e. The van der Waals surface area contributed by atoms with E-state index in [0.717, 1.165) is 27.2 Å². The van der Waals surface area contributed by atoms with Gasteiger partial charge < -0.3 is 5.11 Å². The minimum Gasteiger partial charge on any atom is -0.477 e. The number of benzene rings is 3. The number of carboxylic acids is 1. The van der Waals surface area contributed by atoms with Gasteiger partial charge >= 0.3 is 5.97 Å². The second-order valence-corrected chi connectivity index (χ2v) is 4.81. The quantitative estimate of drug-likeness (QED) is 0.434. The molecule has 21 heavy (non-hydrogen) atoms. The first-order valence-corrected chi connectivity index (χ1v) is 6.61. The number of carbonyl (C=O) groups is 1. The molecule has 0 aliphatic rings. The molecule has 4 nitrogen and oxygen atoms in total. The van der Waals surface area contributed by atoms with Crippen molar-refractivity contribution in [2.45, 2.75) is 6.92 Å². The summed E-state index contributed by atoms with van der Waals surface area (Å²) in [6.07, 6.45) is 0. The molecule has 0 saturated heterocycles. The van der Waals surface area contributed by atoms with E-state index in [1.807, 2.05) is 42.5 Å². The number of carboxylic acid groups (broad SMARTS) is 1. The topological polar surface area (TPSA) is 61.7 Å². The molecule has 0 saturated carbocycles. The van der Waals surface area contributed by atoms with Crippen LogP contribution in [0.3, 0.4) is 0 Å². The normalized spacial score (nSPS) is 11.8. The Hall–Kier alpha value is -2.88. The largest absolute Gasteiger partial charge is 0.477 e. The number of hydrogen-bond donors (Lipinski definition) is 2. The molecule has 3 aromatic rings. The number of rotatable bonds is 3. The fourth-order valence-electron chi connectivity index (χ4n) is 2.34. The standard InChI is InChI=1S/C17H14N2O2/c1-11(17(20)21)18-19-16-10-12-6-2-3-7-13(12)14-8-4-5-9-15(14)16/h2-10,19H,1H3,(H,20,21). The minimum atomic E-state index is -1.03. The van der Waals surface area contributed by atoms with Gasteiger partial charge in [-0.3, -0.25) is 5.43 Å². The van der Waals surface area contributed by atoms with E-state index >= 15 is 0 Å². The van der Waals surface area contributed by atoms with Gasteiger partial charge in [-0.05, 0) is 29.1 Å². The molecule has 0 spiro atoms. The third-order valence-electron chi connectivity index (χ3n) is 3.42. The summed E-state index contributed by atoms with van der Waals surface area (Å²) in [6.45, 7) is 1.46. The summed E-state index contributed by atoms with van der Waals surface area (Å²) in [5.74, 6) is -1.03. The Morgan fingerprint density at radius 3 is 2.33 bits per heavy atom. The average molecular weight is 278 g/mol. The third-order valence-corrected chi connectivity index (χ3v) is 3.42. The van der Waals surface area contributed by atoms with Crippen molar-refractivity contribution in [3.8, 4) is 0 Å². The van der Waals surface area contributed by atoms with Gasteiger partial charge in [0.05, 0.1) is 5.69 Å². The van der Waals surface area contributed by atoms with E-state index in [1.165, 1.54) is 6.92 Å². The van der Waals surface area contributed by atoms with Gasteiger partial charge in [0.1, 0.15) is 5.71 Å². The molecule has 3 aromatic carbocycles. The summed E-state index contributed by atoms with van der Waals surface area (Å²) in [5.41, 5.74) is 3.68. The first-order chi connectivity index (χ1) is 10.2. The Balaban J connectivity index is 2.21. The molecule has 4 heteroatoms. The van der Waals surface area contributed by atoms with Crippen LogP contribution in [0.25, 0.3) is 21.5 Å². The fraction of sp³-hybridized carbons (Fsp3) is 0.0588. The van der Waals surface area contributed by atoms with E-state index < -0.39 is 5.97 Å². The van der Waals surface area contributed by atoms with Crippen LogP contribution in [-0.2, 0) is 4.79 Å². The highest BCUT2D eigenvalue weighted by atomic mass is 16.4. The zero-order valence-electron chi connectivity index (χ0n) is 11.5. The van der Waals surface area contributed by atoms with Crippen molar-refractivity contribution in [3.63, 3.8) is 0 Å². The van der Waals surface area contributed by atoms with Gasteiger partial charge in [-0.2, -0.15) is 5.10 Å². The molecule has 0 radical (unpaired) electrons. The second-order valence-electron chi connectivity index (χ2n) is 4.81. The Morgan fingerprint density at radius 2 is 1.62 bits per heavy atom. The molecule has 2 N–H and O–H groups in total. The molecular weight excluding hydrogens is 264 g/mol. The molecule has 0 aliphatic heterocycles. The van der Waals surface area contributed by atoms with E-state index in [0.29, 0.717) is 0 Å². The predicted octanol–water partition coefficient (Wildman–Crippen LogP) is 3.87. The first kappa shape index (κ1) is 13.1. The van der Waals surface area contributed by atoms with Gasteiger partial charge in [-0.15, -0.1) is 0 Å². The summed E-state index contributed by atoms with van der Waals surface area (Å²) in [5, 5.41) is 17.2. The molecule has 0 amide bonds. The number of nitrogens with zero attached hydrogens (tertiary/aromatic N) is 1. The highest BCUT2D eigenvalue weighted by Gasteiger charge is 2.06. The van der Waals surface area contributed by atoms with Crippen LogP contribution in [0.1, 0.15) is 6.92 Å². The summed E-state index contributed by atoms with van der Waals surface area (Å²) < 4.78 is 0. The van der Waals surface area contributed by atoms with Crippen LogP contribution in [0, 0.1) is 0 Å². The van der Waals surface area contributed by atoms with E-state index in [9.17, 15) is 4.79 Å². The van der Waals surface area contributed by atoms with Gasteiger partial charge in [0, 0.05) is 5.39 Å². The highest BCUT2D eigenvalue weighted by Crippen LogP contribution is 2.31. The van der Waals surface area contributed by atoms with Crippen LogP contribution < -0.4 is 5.43 Å². The van der Waals surface area contributed by atoms with Gasteiger partial charge in [0.15, 0.2) is 0 Å². The molecule has 0 unspecified atom stereocenters. The SMILES string of the molecule is CC(=NNc1cc2ccccc2c2ccccc12)C(=O)O. The molecule has 3 rings (SSSR count). The maximum absolute atomic E-state index is 10.8. The van der Waals surface area contributed by atoms with Crippen molar-refractivity contribution >= 4 is 38.9 Å². The Labute approximate surface area is 121 Å². The molecule has 0 aromatic heterocycles. The molecule has 104 valence electrons. The van der Waals surface area contributed by atoms with Crippen molar-refractivity contribution in [2.24, 2.45) is 5.10 Å². The predicted molar refractivity (Wildman–Crippen MR) is 85.8 cm³/mol. The van der Waals surface area contributed by atoms with Crippen LogP contribution in [0.15, 0.2) is 59.7 Å². The van der Waals surface area contributed by atoms with Crippen LogP contribution >= 0.6 is 0 Å². The number of anilines is 1. The lowest BCUT2D eigenvalue weighted by Crippen LogP contribution is -2.10. The maximum atomic E-state index is 10.8. The summed E-state index contributed by atoms with van der Waals surface area (Å²) in [6, 6.07) is 18.1. The van der Waals surface area contributed by atoms with Gasteiger partial charge in [-0.25, -0.2) is 4.79 Å².